The molecule has 0 saturated carbocycles. The molecule has 0 amide bonds. The maximum absolute atomic E-state index is 13.7. The van der Waals surface area contributed by atoms with Crippen LogP contribution in [-0.4, -0.2) is 26.2 Å². The molecular formula is C22H17FIN3O4. The Labute approximate surface area is 191 Å². The minimum Gasteiger partial charge on any atom is -0.466 e. The summed E-state index contributed by atoms with van der Waals surface area (Å²) in [7, 11) is 2.33. The third-order valence-corrected chi connectivity index (χ3v) is 5.63. The summed E-state index contributed by atoms with van der Waals surface area (Å²) in [6, 6.07) is 14.6. The molecule has 0 aliphatic carbocycles. The lowest BCUT2D eigenvalue weighted by atomic mass is 9.81. The first-order chi connectivity index (χ1) is 14.8. The molecule has 158 valence electrons. The zero-order chi connectivity index (χ0) is 22.7. The van der Waals surface area contributed by atoms with Gasteiger partial charge in [-0.25, -0.2) is 14.0 Å². The Morgan fingerprint density at radius 1 is 1.13 bits per heavy atom. The van der Waals surface area contributed by atoms with Gasteiger partial charge in [-0.3, -0.25) is 4.90 Å². The van der Waals surface area contributed by atoms with Gasteiger partial charge < -0.3 is 15.2 Å². The normalized spacial score (nSPS) is 16.1. The van der Waals surface area contributed by atoms with Crippen LogP contribution in [0.15, 0.2) is 71.2 Å². The van der Waals surface area contributed by atoms with Crippen LogP contribution in [0.25, 0.3) is 0 Å². The molecule has 1 aliphatic heterocycles. The molecule has 0 fully saturated rings. The molecule has 0 radical (unpaired) electrons. The van der Waals surface area contributed by atoms with Crippen molar-refractivity contribution < 1.29 is 23.5 Å². The lowest BCUT2D eigenvalue weighted by Gasteiger charge is -2.36. The Hall–Kier alpha value is -3.39. The van der Waals surface area contributed by atoms with E-state index in [1.54, 1.807) is 30.3 Å². The summed E-state index contributed by atoms with van der Waals surface area (Å²) in [5.74, 6) is -3.21. The summed E-state index contributed by atoms with van der Waals surface area (Å²) in [5, 5.41) is 9.96. The molecule has 0 saturated heterocycles. The lowest BCUT2D eigenvalue weighted by molar-refractivity contribution is -0.139. The first-order valence-electron chi connectivity index (χ1n) is 8.96. The fraction of sp³-hybridized carbons (Fsp3) is 0.136. The van der Waals surface area contributed by atoms with Gasteiger partial charge in [-0.05, 0) is 46.4 Å². The first kappa shape index (κ1) is 22.3. The number of nitrogens with two attached hydrogens (primary N) is 1. The number of esters is 2. The summed E-state index contributed by atoms with van der Waals surface area (Å²) in [5.41, 5.74) is 6.98. The Morgan fingerprint density at radius 3 is 2.32 bits per heavy atom. The van der Waals surface area contributed by atoms with Crippen molar-refractivity contribution in [1.29, 1.82) is 5.26 Å². The maximum atomic E-state index is 13.7. The van der Waals surface area contributed by atoms with Gasteiger partial charge in [0.05, 0.1) is 43.0 Å². The number of halogens is 2. The second kappa shape index (κ2) is 9.18. The molecule has 2 aromatic rings. The van der Waals surface area contributed by atoms with Crippen LogP contribution in [-0.2, 0) is 19.1 Å². The van der Waals surface area contributed by atoms with Crippen molar-refractivity contribution in [2.75, 3.05) is 19.1 Å². The van der Waals surface area contributed by atoms with Crippen molar-refractivity contribution in [3.63, 3.8) is 0 Å². The van der Waals surface area contributed by atoms with Crippen LogP contribution in [0.2, 0.25) is 0 Å². The quantitative estimate of drug-likeness (QED) is 0.475. The summed E-state index contributed by atoms with van der Waals surface area (Å²) in [6.07, 6.45) is 0. The number of carbonyl (C=O) groups excluding carboxylic acids is 2. The molecule has 1 heterocycles. The molecule has 7 nitrogen and oxygen atoms in total. The summed E-state index contributed by atoms with van der Waals surface area (Å²) in [4.78, 5) is 27.1. The molecule has 0 aromatic heterocycles. The predicted molar refractivity (Wildman–Crippen MR) is 119 cm³/mol. The van der Waals surface area contributed by atoms with E-state index < -0.39 is 23.7 Å². The van der Waals surface area contributed by atoms with E-state index in [0.717, 1.165) is 7.11 Å². The number of hydrogen-bond donors (Lipinski definition) is 1. The summed E-state index contributed by atoms with van der Waals surface area (Å²) < 4.78 is 24.0. The van der Waals surface area contributed by atoms with Crippen molar-refractivity contribution in [2.24, 2.45) is 5.73 Å². The number of nitriles is 1. The van der Waals surface area contributed by atoms with Crippen LogP contribution in [0.4, 0.5) is 10.1 Å². The standard InChI is InChI=1S/C22H17FIN3O4/c1-30-21(28)18-17(12-6-4-3-5-7-12)14(11-25)20(26)27(19(18)22(29)31-2)16-9-8-13(23)10-15(16)24/h3-10,17H,26H2,1-2H3. The Kier molecular flexibility index (Phi) is 6.60. The smallest absolute Gasteiger partial charge is 0.355 e. The lowest BCUT2D eigenvalue weighted by Crippen LogP contribution is -2.41. The minimum absolute atomic E-state index is 0.0411. The van der Waals surface area contributed by atoms with Crippen molar-refractivity contribution in [3.8, 4) is 6.07 Å². The molecule has 1 unspecified atom stereocenters. The molecule has 2 aromatic carbocycles. The SMILES string of the molecule is COC(=O)C1=C(C(=O)OC)N(c2ccc(F)cc2I)C(N)=C(C#N)C1c1ccccc1. The van der Waals surface area contributed by atoms with E-state index in [1.165, 1.54) is 30.2 Å². The predicted octanol–water partition coefficient (Wildman–Crippen LogP) is 3.33. The molecule has 0 spiro atoms. The number of ether oxygens (including phenoxy) is 2. The van der Waals surface area contributed by atoms with Gasteiger partial charge >= 0.3 is 11.9 Å². The first-order valence-corrected chi connectivity index (χ1v) is 10.0. The van der Waals surface area contributed by atoms with Crippen LogP contribution in [0.1, 0.15) is 11.5 Å². The Morgan fingerprint density at radius 2 is 1.77 bits per heavy atom. The number of hydrogen-bond acceptors (Lipinski definition) is 7. The number of rotatable bonds is 4. The summed E-state index contributed by atoms with van der Waals surface area (Å²) in [6.45, 7) is 0. The fourth-order valence-electron chi connectivity index (χ4n) is 3.43. The highest BCUT2D eigenvalue weighted by molar-refractivity contribution is 14.1. The van der Waals surface area contributed by atoms with Crippen LogP contribution in [0.5, 0.6) is 0 Å². The fourth-order valence-corrected chi connectivity index (χ4v) is 4.14. The Balaban J connectivity index is 2.43. The molecule has 9 heteroatoms. The monoisotopic (exact) mass is 533 g/mol. The van der Waals surface area contributed by atoms with E-state index in [1.807, 2.05) is 22.6 Å². The van der Waals surface area contributed by atoms with Gasteiger partial charge in [-0.15, -0.1) is 0 Å². The van der Waals surface area contributed by atoms with E-state index >= 15 is 0 Å². The number of allylic oxidation sites excluding steroid dienone is 1. The number of nitrogens with zero attached hydrogens (tertiary/aromatic N) is 2. The van der Waals surface area contributed by atoms with Gasteiger partial charge in [0.25, 0.3) is 0 Å². The molecule has 0 bridgehead atoms. The minimum atomic E-state index is -0.956. The van der Waals surface area contributed by atoms with Gasteiger partial charge in [0.15, 0.2) is 0 Å². The highest BCUT2D eigenvalue weighted by Crippen LogP contribution is 2.44. The maximum Gasteiger partial charge on any atom is 0.355 e. The second-order valence-corrected chi connectivity index (χ2v) is 7.59. The second-order valence-electron chi connectivity index (χ2n) is 6.43. The molecular weight excluding hydrogens is 516 g/mol. The van der Waals surface area contributed by atoms with Crippen LogP contribution in [0.3, 0.4) is 0 Å². The van der Waals surface area contributed by atoms with Crippen molar-refractivity contribution in [2.45, 2.75) is 5.92 Å². The van der Waals surface area contributed by atoms with Gasteiger partial charge in [-0.1, -0.05) is 30.3 Å². The topological polar surface area (TPSA) is 106 Å². The van der Waals surface area contributed by atoms with Crippen molar-refractivity contribution >= 4 is 40.2 Å². The highest BCUT2D eigenvalue weighted by atomic mass is 127. The summed E-state index contributed by atoms with van der Waals surface area (Å²) >= 11 is 1.88. The van der Waals surface area contributed by atoms with Gasteiger partial charge in [0.1, 0.15) is 17.3 Å². The number of carbonyl (C=O) groups is 2. The molecule has 2 N–H and O–H groups in total. The molecule has 3 rings (SSSR count). The van der Waals surface area contributed by atoms with E-state index in [4.69, 9.17) is 15.2 Å². The van der Waals surface area contributed by atoms with Gasteiger partial charge in [0.2, 0.25) is 0 Å². The largest absolute Gasteiger partial charge is 0.466 e. The number of benzene rings is 2. The molecule has 1 atom stereocenters. The van der Waals surface area contributed by atoms with E-state index in [9.17, 15) is 19.2 Å². The van der Waals surface area contributed by atoms with Crippen LogP contribution < -0.4 is 10.6 Å². The van der Waals surface area contributed by atoms with Crippen LogP contribution >= 0.6 is 22.6 Å². The van der Waals surface area contributed by atoms with E-state index in [-0.39, 0.29) is 22.7 Å². The zero-order valence-electron chi connectivity index (χ0n) is 16.6. The van der Waals surface area contributed by atoms with E-state index in [2.05, 4.69) is 6.07 Å². The van der Waals surface area contributed by atoms with Crippen LogP contribution in [0, 0.1) is 20.7 Å². The third-order valence-electron chi connectivity index (χ3n) is 4.76. The zero-order valence-corrected chi connectivity index (χ0v) is 18.7. The number of anilines is 1. The average Bonchev–Trinajstić information content (AvgIpc) is 2.78. The molecule has 31 heavy (non-hydrogen) atoms. The molecule has 1 aliphatic rings. The highest BCUT2D eigenvalue weighted by Gasteiger charge is 2.43. The van der Waals surface area contributed by atoms with E-state index in [0.29, 0.717) is 14.8 Å². The third kappa shape index (κ3) is 3.98. The van der Waals surface area contributed by atoms with Crippen molar-refractivity contribution in [3.05, 3.63) is 86.1 Å². The van der Waals surface area contributed by atoms with Crippen molar-refractivity contribution in [1.82, 2.24) is 0 Å². The van der Waals surface area contributed by atoms with Gasteiger partial charge in [-0.2, -0.15) is 5.26 Å². The van der Waals surface area contributed by atoms with Gasteiger partial charge in [0, 0.05) is 3.57 Å². The Bertz CT molecular complexity index is 1160. The average molecular weight is 533 g/mol. The number of methoxy groups -OCH3 is 2.